The van der Waals surface area contributed by atoms with Gasteiger partial charge in [0.2, 0.25) is 0 Å². The number of nitrogens with one attached hydrogen (secondary N) is 1. The summed E-state index contributed by atoms with van der Waals surface area (Å²) >= 11 is 39.9. The highest BCUT2D eigenvalue weighted by Gasteiger charge is 2.25. The first-order valence-electron chi connectivity index (χ1n) is 36.2. The van der Waals surface area contributed by atoms with Crippen molar-refractivity contribution in [3.63, 3.8) is 0 Å². The van der Waals surface area contributed by atoms with Crippen molar-refractivity contribution in [1.29, 1.82) is 10.5 Å². The molecule has 123 heavy (non-hydrogen) atoms. The molecular weight excluding hydrogens is 1820 g/mol. The Morgan fingerprint density at radius 1 is 0.415 bits per heavy atom. The van der Waals surface area contributed by atoms with Gasteiger partial charge in [-0.05, 0) is 141 Å². The van der Waals surface area contributed by atoms with E-state index >= 15 is 0 Å². The molecule has 28 nitrogen and oxygen atoms in total. The van der Waals surface area contributed by atoms with Crippen LogP contribution < -0.4 is 28.7 Å². The van der Waals surface area contributed by atoms with Crippen molar-refractivity contribution in [1.82, 2.24) is 94.3 Å². The second kappa shape index (κ2) is 35.5. The monoisotopic (exact) mass is 1870 g/mol. The molecule has 11 N–H and O–H groups in total. The molecule has 0 aliphatic carbocycles. The Balaban J connectivity index is 0.000000114. The number of thiazole rings is 1. The van der Waals surface area contributed by atoms with Gasteiger partial charge in [-0.2, -0.15) is 20.7 Å². The number of hydrogen-bond acceptors (Lipinski definition) is 26. The van der Waals surface area contributed by atoms with Gasteiger partial charge in [0, 0.05) is 94.2 Å². The van der Waals surface area contributed by atoms with Crippen LogP contribution in [0.1, 0.15) is 11.4 Å². The van der Waals surface area contributed by atoms with Gasteiger partial charge in [-0.1, -0.05) is 125 Å². The summed E-state index contributed by atoms with van der Waals surface area (Å²) in [5.41, 5.74) is 49.3. The Labute approximate surface area is 741 Å². The zero-order valence-electron chi connectivity index (χ0n) is 63.4. The molecule has 602 valence electrons. The van der Waals surface area contributed by atoms with Crippen LogP contribution in [0.2, 0.25) is 25.1 Å². The number of aromatic nitrogens is 19. The summed E-state index contributed by atoms with van der Waals surface area (Å²) in [4.78, 5) is 64.3. The van der Waals surface area contributed by atoms with Crippen LogP contribution in [-0.2, 0) is 14.1 Å². The standard InChI is InChI=1S/C20H11ClFN5.C18H10ClN5O.C17H10BrClN4O.C16H13ClN6.C15H10BrClN6S/c21-15-9-13(8-12-2-1-7-25-17(12)15)19-18(11-3-5-14(22)6-4-11)27-20(24)16(10-23)26-19;19-12-6-11(7-14-17(12)22-9-25-14)16-15(10-4-2-1-3-5-10)24-18(21)13(8-20)23-16;18-16-17(20)23-13(9-4-2-1-3-5-9)14(22-16)10-6-11(19)15-12(7-10)24-8-21-15;1-23-5-3-12(22-23)16-15(20-8-13(18)21-16)10-6-9-2-4-19-14(9)11(17)7-10;1-23-3-2-9(22-23)13-11(20-14(16)15(18)21-13)7-4-8(17)12-10(5-7)24-6-19-12/h1-9H,(H2,24,27);1-7,9H,(H2,21,24);1-8H,(H2,20,23);2-8,19H,1H3,(H2,18,21);2-6H,1H3,(H2,18,21). The van der Waals surface area contributed by atoms with Crippen LogP contribution in [0, 0.1) is 28.5 Å². The first kappa shape index (κ1) is 82.4. The van der Waals surface area contributed by atoms with Crippen molar-refractivity contribution < 1.29 is 13.2 Å². The number of halogens is 8. The highest BCUT2D eigenvalue weighted by molar-refractivity contribution is 9.10. The predicted molar refractivity (Wildman–Crippen MR) is 485 cm³/mol. The third kappa shape index (κ3) is 17.6. The molecule has 0 radical (unpaired) electrons. The van der Waals surface area contributed by atoms with E-state index in [1.165, 1.54) is 42.5 Å². The number of pyridine rings is 1. The Morgan fingerprint density at radius 3 is 1.40 bits per heavy atom. The zero-order valence-corrected chi connectivity index (χ0v) is 71.2. The lowest BCUT2D eigenvalue weighted by Crippen LogP contribution is -2.03. The average Bonchev–Trinajstić information content (AvgIpc) is 1.69. The van der Waals surface area contributed by atoms with Gasteiger partial charge in [-0.25, -0.2) is 64.2 Å². The molecule has 0 aliphatic rings. The Kier molecular flexibility index (Phi) is 23.8. The molecule has 0 bridgehead atoms. The van der Waals surface area contributed by atoms with Crippen molar-refractivity contribution in [2.75, 3.05) is 28.7 Å². The number of H-pyrrole nitrogens is 1. The first-order valence-corrected chi connectivity index (χ1v) is 40.6. The van der Waals surface area contributed by atoms with Crippen molar-refractivity contribution >= 4 is 185 Å². The minimum absolute atomic E-state index is 0.00845. The Bertz CT molecular complexity index is 7550. The molecule has 0 saturated carbocycles. The summed E-state index contributed by atoms with van der Waals surface area (Å²) in [6.07, 6.45) is 11.4. The lowest BCUT2D eigenvalue weighted by molar-refractivity contribution is 0.602. The number of anilines is 5. The predicted octanol–water partition coefficient (Wildman–Crippen LogP) is 21.0. The smallest absolute Gasteiger partial charge is 0.183 e. The summed E-state index contributed by atoms with van der Waals surface area (Å²) in [5, 5.41) is 31.8. The molecule has 37 heteroatoms. The van der Waals surface area contributed by atoms with Crippen LogP contribution in [0.3, 0.4) is 0 Å². The van der Waals surface area contributed by atoms with E-state index in [0.29, 0.717) is 165 Å². The number of aromatic amines is 1. The molecule has 12 heterocycles. The number of nitriles is 2. The Morgan fingerprint density at radius 2 is 0.862 bits per heavy atom. The molecule has 0 atom stereocenters. The minimum Gasteiger partial charge on any atom is -0.443 e. The maximum absolute atomic E-state index is 13.3. The molecule has 0 spiro atoms. The van der Waals surface area contributed by atoms with Gasteiger partial charge < -0.3 is 42.5 Å². The van der Waals surface area contributed by atoms with E-state index in [0.717, 1.165) is 54.3 Å². The number of fused-ring (bicyclic) bond motifs is 5. The molecule has 8 aromatic carbocycles. The largest absolute Gasteiger partial charge is 0.443 e. The zero-order chi connectivity index (χ0) is 85.9. The quantitative estimate of drug-likeness (QED) is 0.0740. The number of nitrogens with two attached hydrogens (primary N) is 5. The van der Waals surface area contributed by atoms with E-state index < -0.39 is 0 Å². The van der Waals surface area contributed by atoms with Crippen LogP contribution in [-0.4, -0.2) is 94.3 Å². The summed E-state index contributed by atoms with van der Waals surface area (Å²) in [7, 11) is 3.70. The molecule has 0 saturated heterocycles. The Hall–Kier alpha value is -14.3. The van der Waals surface area contributed by atoms with E-state index in [2.05, 4.69) is 117 Å². The highest BCUT2D eigenvalue weighted by atomic mass is 79.9. The van der Waals surface area contributed by atoms with Gasteiger partial charge in [0.05, 0.1) is 104 Å². The van der Waals surface area contributed by atoms with Gasteiger partial charge >= 0.3 is 0 Å². The molecule has 0 unspecified atom stereocenters. The molecule has 12 aromatic heterocycles. The number of rotatable bonds is 10. The number of nitrogens with zero attached hydrogens (tertiary/aromatic N) is 20. The maximum atomic E-state index is 13.3. The third-order valence-corrected chi connectivity index (χ3v) is 21.9. The van der Waals surface area contributed by atoms with Gasteiger partial charge in [0.15, 0.2) is 58.6 Å². The van der Waals surface area contributed by atoms with E-state index in [1.807, 2.05) is 166 Å². The third-order valence-electron chi connectivity index (χ3n) is 18.5. The summed E-state index contributed by atoms with van der Waals surface area (Å²) in [5.74, 6) is 0.706. The van der Waals surface area contributed by atoms with Gasteiger partial charge in [0.25, 0.3) is 0 Å². The van der Waals surface area contributed by atoms with Crippen molar-refractivity contribution in [3.05, 3.63) is 277 Å². The fraction of sp³-hybridized carbons (Fsp3) is 0.0233. The van der Waals surface area contributed by atoms with Crippen molar-refractivity contribution in [2.24, 2.45) is 14.1 Å². The fourth-order valence-corrected chi connectivity index (χ4v) is 15.6. The van der Waals surface area contributed by atoms with Crippen LogP contribution in [0.5, 0.6) is 0 Å². The first-order chi connectivity index (χ1) is 59.5. The lowest BCUT2D eigenvalue weighted by Gasteiger charge is -2.12. The van der Waals surface area contributed by atoms with E-state index in [9.17, 15) is 14.9 Å². The molecule has 20 aromatic rings. The number of benzene rings is 8. The lowest BCUT2D eigenvalue weighted by atomic mass is 10.0. The molecule has 20 rings (SSSR count). The maximum Gasteiger partial charge on any atom is 0.183 e. The van der Waals surface area contributed by atoms with Crippen molar-refractivity contribution in [3.8, 4) is 125 Å². The van der Waals surface area contributed by atoms with Crippen LogP contribution in [0.4, 0.5) is 33.5 Å². The number of hydrogen-bond donors (Lipinski definition) is 6. The molecule has 0 aliphatic heterocycles. The van der Waals surface area contributed by atoms with Gasteiger partial charge in [-0.15, -0.1) is 11.3 Å². The van der Waals surface area contributed by atoms with E-state index in [4.69, 9.17) is 95.5 Å². The van der Waals surface area contributed by atoms with Gasteiger partial charge in [0.1, 0.15) is 66.8 Å². The van der Waals surface area contributed by atoms with Crippen LogP contribution in [0.25, 0.3) is 167 Å². The normalized spacial score (nSPS) is 11.0. The van der Waals surface area contributed by atoms with Crippen molar-refractivity contribution in [2.45, 2.75) is 0 Å². The second-order valence-electron chi connectivity index (χ2n) is 26.6. The van der Waals surface area contributed by atoms with Gasteiger partial charge in [-0.3, -0.25) is 19.3 Å². The molecule has 0 fully saturated rings. The summed E-state index contributed by atoms with van der Waals surface area (Å²) in [6, 6.07) is 56.7. The highest BCUT2D eigenvalue weighted by Crippen LogP contribution is 2.42. The van der Waals surface area contributed by atoms with E-state index in [1.54, 1.807) is 63.5 Å². The fourth-order valence-electron chi connectivity index (χ4n) is 12.9. The van der Waals surface area contributed by atoms with Crippen LogP contribution >= 0.6 is 101 Å². The van der Waals surface area contributed by atoms with E-state index in [-0.39, 0.29) is 28.8 Å². The summed E-state index contributed by atoms with van der Waals surface area (Å²) < 4.78 is 29.4. The molecular formula is C86H54Br2Cl5FN26O2S. The molecule has 0 amide bonds. The number of oxazole rings is 2. The number of aryl methyl sites for hydroxylation is 2. The van der Waals surface area contributed by atoms with Crippen LogP contribution in [0.15, 0.2) is 243 Å². The minimum atomic E-state index is -0.366. The average molecular weight is 1870 g/mol. The summed E-state index contributed by atoms with van der Waals surface area (Å²) in [6.45, 7) is 0. The number of nitrogen functional groups attached to an aromatic ring is 5. The topological polar surface area (TPSA) is 436 Å². The SMILES string of the molecule is Cn1ccc(-c2nc(N)c(Br)nc2-c2cc(Cl)c3ncsc3c2)n1.Cn1ccc(-c2nc(N)cnc2-c2cc(Cl)c3[nH]ccc3c2)n1.N#Cc1nc(-c2cc(Cl)c3ncccc3c2)c(-c2ccc(F)cc2)nc1N.N#Cc1nc(-c2cc(Cl)c3ncoc3c2)c(-c2ccccc2)nc1N.Nc1nc(-c2ccccc2)c(-c2cc(Cl)c3ncoc3c2)nc1Br. The second-order valence-corrected chi connectivity index (χ2v) is 31.0.